The molecule has 30 heavy (non-hydrogen) atoms. The monoisotopic (exact) mass is 449 g/mol. The van der Waals surface area contributed by atoms with Crippen LogP contribution in [-0.2, 0) is 29.7 Å². The van der Waals surface area contributed by atoms with E-state index in [9.17, 15) is 18.1 Å². The molecule has 1 N–H and O–H groups in total. The molecule has 0 spiro atoms. The molecule has 1 aromatic rings. The fraction of sp³-hybridized carbons (Fsp3) is 0.550. The summed E-state index contributed by atoms with van der Waals surface area (Å²) in [5, 5.41) is 2.37. The van der Waals surface area contributed by atoms with E-state index in [1.54, 1.807) is 45.0 Å². The highest BCUT2D eigenvalue weighted by molar-refractivity contribution is 7.55. The largest absolute Gasteiger partial charge is 0.444 e. The Bertz CT molecular complexity index is 731. The minimum atomic E-state index is -4.76. The molecule has 1 aromatic carbocycles. The van der Waals surface area contributed by atoms with Crippen LogP contribution in [0.2, 0.25) is 0 Å². The number of alkyl halides is 2. The molecule has 0 aliphatic heterocycles. The molecule has 1 amide bonds. The Morgan fingerprint density at radius 3 is 2.23 bits per heavy atom. The van der Waals surface area contributed by atoms with Gasteiger partial charge in [-0.2, -0.15) is 8.78 Å². The highest BCUT2D eigenvalue weighted by atomic mass is 31.2. The molecule has 0 radical (unpaired) electrons. The second kappa shape index (κ2) is 11.0. The van der Waals surface area contributed by atoms with Crippen molar-refractivity contribution in [2.75, 3.05) is 14.2 Å². The van der Waals surface area contributed by atoms with Crippen molar-refractivity contribution in [2.45, 2.75) is 57.2 Å². The van der Waals surface area contributed by atoms with Crippen molar-refractivity contribution in [3.05, 3.63) is 48.6 Å². The number of hydrogen-bond acceptors (Lipinski definition) is 6. The summed E-state index contributed by atoms with van der Waals surface area (Å²) in [4.78, 5) is 12.2. The van der Waals surface area contributed by atoms with Crippen LogP contribution in [0, 0.1) is 0 Å². The first-order valence-corrected chi connectivity index (χ1v) is 10.8. The van der Waals surface area contributed by atoms with Gasteiger partial charge < -0.3 is 23.8 Å². The van der Waals surface area contributed by atoms with E-state index in [1.807, 2.05) is 6.07 Å². The normalized spacial score (nSPS) is 14.6. The van der Waals surface area contributed by atoms with E-state index in [0.29, 0.717) is 0 Å². The minimum absolute atomic E-state index is 0.0851. The lowest BCUT2D eigenvalue weighted by Crippen LogP contribution is -2.48. The third-order valence-corrected chi connectivity index (χ3v) is 5.91. The molecule has 0 heterocycles. The van der Waals surface area contributed by atoms with Crippen LogP contribution in [0.25, 0.3) is 0 Å². The van der Waals surface area contributed by atoms with E-state index < -0.39 is 43.5 Å². The summed E-state index contributed by atoms with van der Waals surface area (Å²) >= 11 is 0. The van der Waals surface area contributed by atoms with Gasteiger partial charge in [-0.15, -0.1) is 6.58 Å². The zero-order valence-corrected chi connectivity index (χ0v) is 18.8. The molecule has 0 aliphatic rings. The smallest absolute Gasteiger partial charge is 0.407 e. The van der Waals surface area contributed by atoms with Crippen LogP contribution in [0.5, 0.6) is 0 Å². The number of nitrogens with one attached hydrogen (secondary N) is 1. The van der Waals surface area contributed by atoms with Gasteiger partial charge in [0.2, 0.25) is 0 Å². The third kappa shape index (κ3) is 7.80. The maximum Gasteiger partial charge on any atom is 0.407 e. The van der Waals surface area contributed by atoms with Gasteiger partial charge in [-0.3, -0.25) is 4.57 Å². The highest BCUT2D eigenvalue weighted by Crippen LogP contribution is 2.62. The van der Waals surface area contributed by atoms with Gasteiger partial charge in [0, 0.05) is 20.6 Å². The Labute approximate surface area is 176 Å². The van der Waals surface area contributed by atoms with Crippen molar-refractivity contribution in [3.63, 3.8) is 0 Å². The Hall–Kier alpha value is -1.80. The summed E-state index contributed by atoms with van der Waals surface area (Å²) in [6.45, 7) is 8.61. The summed E-state index contributed by atoms with van der Waals surface area (Å²) in [6.07, 6.45) is -1.77. The second-order valence-corrected chi connectivity index (χ2v) is 9.86. The summed E-state index contributed by atoms with van der Waals surface area (Å²) in [5.74, 6) is 0. The Morgan fingerprint density at radius 1 is 1.20 bits per heavy atom. The molecule has 0 aromatic heterocycles. The summed E-state index contributed by atoms with van der Waals surface area (Å²) in [5.41, 5.74) is -3.96. The van der Waals surface area contributed by atoms with Crippen LogP contribution in [-0.4, -0.2) is 43.7 Å². The quantitative estimate of drug-likeness (QED) is 0.373. The van der Waals surface area contributed by atoms with Gasteiger partial charge in [0.1, 0.15) is 5.60 Å². The van der Waals surface area contributed by atoms with Crippen LogP contribution >= 0.6 is 7.60 Å². The molecule has 0 bridgehead atoms. The molecular formula is C20H30F2NO6P. The first-order chi connectivity index (χ1) is 13.9. The van der Waals surface area contributed by atoms with Crippen LogP contribution in [0.3, 0.4) is 0 Å². The van der Waals surface area contributed by atoms with E-state index in [-0.39, 0.29) is 6.61 Å². The van der Waals surface area contributed by atoms with Crippen LogP contribution in [0.4, 0.5) is 13.6 Å². The van der Waals surface area contributed by atoms with Gasteiger partial charge in [-0.1, -0.05) is 36.4 Å². The Balaban J connectivity index is 3.09. The lowest BCUT2D eigenvalue weighted by Gasteiger charge is -2.32. The van der Waals surface area contributed by atoms with Crippen molar-refractivity contribution >= 4 is 13.7 Å². The molecule has 7 nitrogen and oxygen atoms in total. The molecule has 0 saturated carbocycles. The Morgan fingerprint density at radius 2 is 1.77 bits per heavy atom. The lowest BCUT2D eigenvalue weighted by molar-refractivity contribution is -0.0119. The molecule has 0 aliphatic carbocycles. The van der Waals surface area contributed by atoms with E-state index in [4.69, 9.17) is 9.47 Å². The fourth-order valence-electron chi connectivity index (χ4n) is 2.54. The SMILES string of the molecule is C=C[C@@H](OCc1ccccc1)[C@H](CC(F)(F)P(=O)(OC)OC)NC(=O)OC(C)(C)C. The van der Waals surface area contributed by atoms with Crippen molar-refractivity contribution < 1.29 is 36.7 Å². The first-order valence-electron chi connectivity index (χ1n) is 9.24. The number of alkyl carbamates (subject to hydrolysis) is 1. The maximum atomic E-state index is 14.8. The maximum absolute atomic E-state index is 14.8. The Kier molecular flexibility index (Phi) is 9.62. The number of carbonyl (C=O) groups is 1. The molecular weight excluding hydrogens is 419 g/mol. The van der Waals surface area contributed by atoms with Gasteiger partial charge in [-0.25, -0.2) is 4.79 Å². The predicted octanol–water partition coefficient (Wildman–Crippen LogP) is 5.12. The zero-order valence-electron chi connectivity index (χ0n) is 17.9. The number of ether oxygens (including phenoxy) is 2. The lowest BCUT2D eigenvalue weighted by atomic mass is 10.1. The van der Waals surface area contributed by atoms with E-state index in [0.717, 1.165) is 19.8 Å². The van der Waals surface area contributed by atoms with Gasteiger partial charge in [0.05, 0.1) is 18.8 Å². The van der Waals surface area contributed by atoms with Gasteiger partial charge in [0.15, 0.2) is 0 Å². The number of halogens is 2. The standard InChI is InChI=1S/C20H30F2NO6P/c1-7-17(28-14-15-11-9-8-10-12-15)16(23-18(24)29-19(2,3)4)13-20(21,22)30(25,26-5)27-6/h7-12,16-17H,1,13-14H2,2-6H3,(H,23,24)/t16-,17+/m0/s1. The molecule has 2 atom stereocenters. The van der Waals surface area contributed by atoms with Crippen molar-refractivity contribution in [2.24, 2.45) is 0 Å². The highest BCUT2D eigenvalue weighted by Gasteiger charge is 2.54. The summed E-state index contributed by atoms with van der Waals surface area (Å²) in [7, 11) is -3.03. The summed E-state index contributed by atoms with van der Waals surface area (Å²) < 4.78 is 61.6. The fourth-order valence-corrected chi connectivity index (χ4v) is 3.65. The predicted molar refractivity (Wildman–Crippen MR) is 110 cm³/mol. The molecule has 170 valence electrons. The van der Waals surface area contributed by atoms with Crippen molar-refractivity contribution in [1.29, 1.82) is 0 Å². The first kappa shape index (κ1) is 26.2. The summed E-state index contributed by atoms with van der Waals surface area (Å²) in [6, 6.07) is 7.72. The molecule has 1 rings (SSSR count). The van der Waals surface area contributed by atoms with Gasteiger partial charge in [0.25, 0.3) is 0 Å². The minimum Gasteiger partial charge on any atom is -0.444 e. The zero-order chi connectivity index (χ0) is 23.0. The number of amides is 1. The third-order valence-electron chi connectivity index (χ3n) is 3.96. The molecule has 10 heteroatoms. The number of carbonyl (C=O) groups excluding carboxylic acids is 1. The molecule has 0 saturated heterocycles. The molecule has 0 unspecified atom stereocenters. The topological polar surface area (TPSA) is 83.1 Å². The number of benzene rings is 1. The van der Waals surface area contributed by atoms with E-state index in [1.165, 1.54) is 6.08 Å². The van der Waals surface area contributed by atoms with Crippen LogP contribution in [0.15, 0.2) is 43.0 Å². The van der Waals surface area contributed by atoms with Crippen molar-refractivity contribution in [3.8, 4) is 0 Å². The number of rotatable bonds is 11. The van der Waals surface area contributed by atoms with Gasteiger partial charge in [-0.05, 0) is 26.3 Å². The van der Waals surface area contributed by atoms with Gasteiger partial charge >= 0.3 is 19.4 Å². The molecule has 0 fully saturated rings. The average molecular weight is 449 g/mol. The van der Waals surface area contributed by atoms with Crippen molar-refractivity contribution in [1.82, 2.24) is 5.32 Å². The van der Waals surface area contributed by atoms with E-state index in [2.05, 4.69) is 20.9 Å². The van der Waals surface area contributed by atoms with Crippen LogP contribution in [0.1, 0.15) is 32.8 Å². The average Bonchev–Trinajstić information content (AvgIpc) is 2.66. The van der Waals surface area contributed by atoms with E-state index >= 15 is 0 Å². The number of hydrogen-bond donors (Lipinski definition) is 1. The second-order valence-electron chi connectivity index (χ2n) is 7.48. The van der Waals surface area contributed by atoms with Crippen LogP contribution < -0.4 is 5.32 Å².